The van der Waals surface area contributed by atoms with E-state index in [-0.39, 0.29) is 0 Å². The van der Waals surface area contributed by atoms with Gasteiger partial charge in [0.2, 0.25) is 0 Å². The highest BCUT2D eigenvalue weighted by Crippen LogP contribution is 2.06. The minimum atomic E-state index is 0.613. The summed E-state index contributed by atoms with van der Waals surface area (Å²) in [4.78, 5) is 6.75. The Hall–Kier alpha value is -2.27. The van der Waals surface area contributed by atoms with Gasteiger partial charge < -0.3 is 19.4 Å². The number of nitrogens with zero attached hydrogens (tertiary/aromatic N) is 2. The molecule has 0 bridgehead atoms. The summed E-state index contributed by atoms with van der Waals surface area (Å²) in [7, 11) is 3.74. The number of aryl methyl sites for hydroxylation is 1. The van der Waals surface area contributed by atoms with Gasteiger partial charge in [-0.15, -0.1) is 0 Å². The van der Waals surface area contributed by atoms with Crippen molar-refractivity contribution in [1.29, 1.82) is 0 Å². The standard InChI is InChI=1S/C19H27N3O2/c1-16-6-8-17(9-7-16)15-22(2)19(21-12-14-23-3)20-11-10-18-5-4-13-24-18/h4-9,13H,10-12,14-15H2,1-3H3,(H,20,21). The van der Waals surface area contributed by atoms with Crippen LogP contribution in [0.25, 0.3) is 0 Å². The Labute approximate surface area is 144 Å². The number of guanidine groups is 1. The monoisotopic (exact) mass is 329 g/mol. The molecule has 0 saturated heterocycles. The molecule has 1 N–H and O–H groups in total. The Bertz CT molecular complexity index is 606. The van der Waals surface area contributed by atoms with E-state index in [0.29, 0.717) is 13.2 Å². The van der Waals surface area contributed by atoms with Crippen LogP contribution in [-0.4, -0.2) is 44.7 Å². The largest absolute Gasteiger partial charge is 0.469 e. The van der Waals surface area contributed by atoms with E-state index in [9.17, 15) is 0 Å². The van der Waals surface area contributed by atoms with E-state index in [1.807, 2.05) is 19.2 Å². The van der Waals surface area contributed by atoms with Gasteiger partial charge in [-0.05, 0) is 24.6 Å². The van der Waals surface area contributed by atoms with Crippen LogP contribution >= 0.6 is 0 Å². The van der Waals surface area contributed by atoms with Crippen LogP contribution in [0.15, 0.2) is 52.1 Å². The van der Waals surface area contributed by atoms with E-state index in [0.717, 1.165) is 31.2 Å². The molecule has 0 fully saturated rings. The van der Waals surface area contributed by atoms with Crippen molar-refractivity contribution in [2.45, 2.75) is 19.9 Å². The number of nitrogens with one attached hydrogen (secondary N) is 1. The van der Waals surface area contributed by atoms with Crippen LogP contribution in [0, 0.1) is 6.92 Å². The zero-order valence-corrected chi connectivity index (χ0v) is 14.8. The van der Waals surface area contributed by atoms with Gasteiger partial charge in [-0.2, -0.15) is 0 Å². The van der Waals surface area contributed by atoms with Gasteiger partial charge >= 0.3 is 0 Å². The summed E-state index contributed by atoms with van der Waals surface area (Å²) in [5.41, 5.74) is 2.53. The topological polar surface area (TPSA) is 50.0 Å². The molecule has 5 heteroatoms. The third kappa shape index (κ3) is 6.08. The second kappa shape index (κ2) is 9.78. The molecule has 1 aromatic carbocycles. The lowest BCUT2D eigenvalue weighted by Gasteiger charge is -2.22. The highest BCUT2D eigenvalue weighted by atomic mass is 16.5. The van der Waals surface area contributed by atoms with Gasteiger partial charge in [0.1, 0.15) is 5.76 Å². The summed E-state index contributed by atoms with van der Waals surface area (Å²) in [5, 5.41) is 3.41. The lowest BCUT2D eigenvalue weighted by Crippen LogP contribution is -2.39. The summed E-state index contributed by atoms with van der Waals surface area (Å²) in [5.74, 6) is 1.85. The molecule has 24 heavy (non-hydrogen) atoms. The maximum Gasteiger partial charge on any atom is 0.194 e. The number of hydrogen-bond acceptors (Lipinski definition) is 3. The van der Waals surface area contributed by atoms with Crippen molar-refractivity contribution in [2.24, 2.45) is 4.99 Å². The number of aliphatic imine (C=N–C) groups is 1. The zero-order chi connectivity index (χ0) is 17.2. The predicted molar refractivity (Wildman–Crippen MR) is 97.2 cm³/mol. The molecule has 0 aliphatic carbocycles. The van der Waals surface area contributed by atoms with Gasteiger partial charge in [0.15, 0.2) is 5.96 Å². The van der Waals surface area contributed by atoms with Crippen molar-refractivity contribution < 1.29 is 9.15 Å². The number of rotatable bonds is 8. The Balaban J connectivity index is 1.92. The van der Waals surface area contributed by atoms with Crippen molar-refractivity contribution in [3.63, 3.8) is 0 Å². The first kappa shape index (κ1) is 18.1. The summed E-state index contributed by atoms with van der Waals surface area (Å²) in [6.45, 7) is 4.93. The summed E-state index contributed by atoms with van der Waals surface area (Å²) in [6, 6.07) is 12.5. The first-order chi connectivity index (χ1) is 11.7. The average molecular weight is 329 g/mol. The molecule has 0 spiro atoms. The maximum atomic E-state index is 5.37. The van der Waals surface area contributed by atoms with E-state index in [1.165, 1.54) is 11.1 Å². The van der Waals surface area contributed by atoms with Crippen molar-refractivity contribution in [1.82, 2.24) is 10.2 Å². The number of ether oxygens (including phenoxy) is 1. The van der Waals surface area contributed by atoms with Crippen molar-refractivity contribution in [3.05, 3.63) is 59.5 Å². The fourth-order valence-corrected chi connectivity index (χ4v) is 2.35. The van der Waals surface area contributed by atoms with Crippen molar-refractivity contribution >= 4 is 5.96 Å². The van der Waals surface area contributed by atoms with Crippen LogP contribution < -0.4 is 5.32 Å². The summed E-state index contributed by atoms with van der Waals surface area (Å²) in [6.07, 6.45) is 2.53. The lowest BCUT2D eigenvalue weighted by atomic mass is 10.1. The minimum absolute atomic E-state index is 0.613. The van der Waals surface area contributed by atoms with Gasteiger partial charge in [0.25, 0.3) is 0 Å². The molecule has 0 aliphatic heterocycles. The third-order valence-electron chi connectivity index (χ3n) is 3.69. The minimum Gasteiger partial charge on any atom is -0.469 e. The lowest BCUT2D eigenvalue weighted by molar-refractivity contribution is 0.207. The highest BCUT2D eigenvalue weighted by molar-refractivity contribution is 5.79. The fraction of sp³-hybridized carbons (Fsp3) is 0.421. The molecule has 0 saturated carbocycles. The van der Waals surface area contributed by atoms with Gasteiger partial charge in [-0.25, -0.2) is 0 Å². The zero-order valence-electron chi connectivity index (χ0n) is 14.8. The van der Waals surface area contributed by atoms with Gasteiger partial charge in [-0.1, -0.05) is 29.8 Å². The van der Waals surface area contributed by atoms with E-state index >= 15 is 0 Å². The number of furan rings is 1. The summed E-state index contributed by atoms with van der Waals surface area (Å²) >= 11 is 0. The maximum absolute atomic E-state index is 5.37. The van der Waals surface area contributed by atoms with E-state index in [2.05, 4.69) is 46.4 Å². The second-order valence-electron chi connectivity index (χ2n) is 5.80. The van der Waals surface area contributed by atoms with Crippen LogP contribution in [0.1, 0.15) is 16.9 Å². The quantitative estimate of drug-likeness (QED) is 0.460. The van der Waals surface area contributed by atoms with Crippen molar-refractivity contribution in [2.75, 3.05) is 33.9 Å². The molecule has 2 aromatic rings. The second-order valence-corrected chi connectivity index (χ2v) is 5.80. The Morgan fingerprint density at radius 2 is 2.04 bits per heavy atom. The molecule has 0 unspecified atom stereocenters. The molecular weight excluding hydrogens is 302 g/mol. The number of benzene rings is 1. The predicted octanol–water partition coefficient (Wildman–Crippen LogP) is 2.85. The molecule has 5 nitrogen and oxygen atoms in total. The van der Waals surface area contributed by atoms with Gasteiger partial charge in [0.05, 0.1) is 19.4 Å². The van der Waals surface area contributed by atoms with Crippen LogP contribution in [0.3, 0.4) is 0 Å². The SMILES string of the molecule is COCCN=C(NCCc1ccco1)N(C)Cc1ccc(C)cc1. The van der Waals surface area contributed by atoms with Crippen LogP contribution in [-0.2, 0) is 17.7 Å². The van der Waals surface area contributed by atoms with Crippen LogP contribution in [0.5, 0.6) is 0 Å². The number of hydrogen-bond donors (Lipinski definition) is 1. The smallest absolute Gasteiger partial charge is 0.194 e. The Morgan fingerprint density at radius 1 is 1.25 bits per heavy atom. The van der Waals surface area contributed by atoms with Crippen molar-refractivity contribution in [3.8, 4) is 0 Å². The van der Waals surface area contributed by atoms with E-state index < -0.39 is 0 Å². The number of methoxy groups -OCH3 is 1. The van der Waals surface area contributed by atoms with E-state index in [1.54, 1.807) is 13.4 Å². The molecule has 1 heterocycles. The molecule has 0 aliphatic rings. The first-order valence-electron chi connectivity index (χ1n) is 8.25. The highest BCUT2D eigenvalue weighted by Gasteiger charge is 2.07. The normalized spacial score (nSPS) is 11.5. The first-order valence-corrected chi connectivity index (χ1v) is 8.25. The fourth-order valence-electron chi connectivity index (χ4n) is 2.35. The molecule has 1 aromatic heterocycles. The Kier molecular flexibility index (Phi) is 7.36. The Morgan fingerprint density at radius 3 is 2.71 bits per heavy atom. The van der Waals surface area contributed by atoms with Crippen LogP contribution in [0.4, 0.5) is 0 Å². The van der Waals surface area contributed by atoms with E-state index in [4.69, 9.17) is 9.15 Å². The molecule has 0 radical (unpaired) electrons. The van der Waals surface area contributed by atoms with Gasteiger partial charge in [-0.3, -0.25) is 4.99 Å². The van der Waals surface area contributed by atoms with Gasteiger partial charge in [0, 0.05) is 33.7 Å². The molecule has 2 rings (SSSR count). The van der Waals surface area contributed by atoms with Crippen LogP contribution in [0.2, 0.25) is 0 Å². The summed E-state index contributed by atoms with van der Waals surface area (Å²) < 4.78 is 10.5. The average Bonchev–Trinajstić information content (AvgIpc) is 3.09. The molecule has 130 valence electrons. The molecular formula is C19H27N3O2. The molecule has 0 amide bonds. The third-order valence-corrected chi connectivity index (χ3v) is 3.69. The molecule has 0 atom stereocenters.